The number of pyridine rings is 1. The van der Waals surface area contributed by atoms with E-state index in [-0.39, 0.29) is 17.2 Å². The Morgan fingerprint density at radius 2 is 2.13 bits per heavy atom. The minimum absolute atomic E-state index is 0.0578. The van der Waals surface area contributed by atoms with Crippen molar-refractivity contribution in [3.05, 3.63) is 106 Å². The Morgan fingerprint density at radius 1 is 1.30 bits per heavy atom. The van der Waals surface area contributed by atoms with E-state index < -0.39 is 5.54 Å². The first-order chi connectivity index (χ1) is 14.5. The van der Waals surface area contributed by atoms with Crippen molar-refractivity contribution in [2.75, 3.05) is 7.11 Å². The molecule has 4 rings (SSSR count). The van der Waals surface area contributed by atoms with Gasteiger partial charge in [-0.15, -0.1) is 0 Å². The number of hydrogen-bond donors (Lipinski definition) is 2. The first-order valence-corrected chi connectivity index (χ1v) is 9.82. The Morgan fingerprint density at radius 3 is 2.83 bits per heavy atom. The van der Waals surface area contributed by atoms with Gasteiger partial charge in [0.05, 0.1) is 7.11 Å². The van der Waals surface area contributed by atoms with E-state index in [1.54, 1.807) is 30.5 Å². The number of methoxy groups -OCH3 is 1. The van der Waals surface area contributed by atoms with E-state index in [1.807, 2.05) is 24.3 Å². The number of nitrogens with one attached hydrogen (secondary N) is 1. The van der Waals surface area contributed by atoms with Gasteiger partial charge < -0.3 is 14.8 Å². The molecule has 0 fully saturated rings. The summed E-state index contributed by atoms with van der Waals surface area (Å²) in [5, 5.41) is 10.1. The van der Waals surface area contributed by atoms with Crippen LogP contribution < -0.4 is 10.3 Å². The molecule has 0 radical (unpaired) electrons. The molecule has 152 valence electrons. The summed E-state index contributed by atoms with van der Waals surface area (Å²) in [6.07, 6.45) is 11.0. The number of nitrogens with zero attached hydrogens (tertiary/aromatic N) is 1. The van der Waals surface area contributed by atoms with E-state index in [9.17, 15) is 9.90 Å². The van der Waals surface area contributed by atoms with Crippen molar-refractivity contribution >= 4 is 6.21 Å². The van der Waals surface area contributed by atoms with Crippen LogP contribution in [0.3, 0.4) is 0 Å². The zero-order valence-electron chi connectivity index (χ0n) is 16.9. The number of aromatic nitrogens is 1. The van der Waals surface area contributed by atoms with Crippen LogP contribution in [0.5, 0.6) is 11.5 Å². The summed E-state index contributed by atoms with van der Waals surface area (Å²) in [7, 11) is 1.51. The summed E-state index contributed by atoms with van der Waals surface area (Å²) in [6.45, 7) is 7.87. The molecule has 0 amide bonds. The molecule has 2 aliphatic rings. The highest BCUT2D eigenvalue weighted by atomic mass is 16.5. The topological polar surface area (TPSA) is 74.7 Å². The van der Waals surface area contributed by atoms with Gasteiger partial charge in [-0.05, 0) is 47.4 Å². The van der Waals surface area contributed by atoms with Crippen LogP contribution in [0.4, 0.5) is 0 Å². The lowest BCUT2D eigenvalue weighted by molar-refractivity contribution is 0.373. The number of phenolic OH excluding ortho intramolecular Hbond substituents is 1. The average molecular weight is 400 g/mol. The van der Waals surface area contributed by atoms with Gasteiger partial charge in [-0.25, -0.2) is 0 Å². The SMILES string of the molecule is C=C/C=C1\C2C=C(C=C)CC1(N=Cc1ccc(OC)c(O)c1)c1ccc(=O)[nH]c1C2. The Balaban J connectivity index is 1.91. The van der Waals surface area contributed by atoms with E-state index in [4.69, 9.17) is 9.73 Å². The van der Waals surface area contributed by atoms with Gasteiger partial charge in [-0.1, -0.05) is 37.5 Å². The zero-order valence-corrected chi connectivity index (χ0v) is 16.9. The highest BCUT2D eigenvalue weighted by Crippen LogP contribution is 2.52. The lowest BCUT2D eigenvalue weighted by Gasteiger charge is -2.45. The van der Waals surface area contributed by atoms with Crippen molar-refractivity contribution < 1.29 is 9.84 Å². The van der Waals surface area contributed by atoms with Gasteiger partial charge in [0, 0.05) is 35.9 Å². The average Bonchev–Trinajstić information content (AvgIpc) is 2.73. The third-order valence-electron chi connectivity index (χ3n) is 5.82. The van der Waals surface area contributed by atoms with Crippen molar-refractivity contribution in [2.45, 2.75) is 18.4 Å². The predicted molar refractivity (Wildman–Crippen MR) is 119 cm³/mol. The number of rotatable bonds is 5. The molecule has 2 N–H and O–H groups in total. The number of aromatic hydroxyl groups is 1. The van der Waals surface area contributed by atoms with Crippen LogP contribution in [-0.4, -0.2) is 23.4 Å². The van der Waals surface area contributed by atoms with Gasteiger partial charge in [0.1, 0.15) is 5.54 Å². The lowest BCUT2D eigenvalue weighted by Crippen LogP contribution is -2.40. The number of hydrogen-bond acceptors (Lipinski definition) is 4. The van der Waals surface area contributed by atoms with E-state index in [0.29, 0.717) is 18.6 Å². The molecule has 2 bridgehead atoms. The molecule has 0 spiro atoms. The number of phenols is 1. The fraction of sp³-hybridized carbons (Fsp3) is 0.200. The third kappa shape index (κ3) is 3.22. The standard InChI is InChI=1S/C25H24N2O3/c1-4-6-19-18-11-16(5-2)14-25(19,20-8-10-24(29)27-21(20)13-18)26-15-17-7-9-23(30-3)22(28)12-17/h4-12,15,18,28H,1-2,13-14H2,3H3,(H,27,29)/b19-6+,26-15?. The molecule has 2 atom stereocenters. The van der Waals surface area contributed by atoms with E-state index in [1.165, 1.54) is 7.11 Å². The van der Waals surface area contributed by atoms with Crippen molar-refractivity contribution in [3.8, 4) is 11.5 Å². The highest BCUT2D eigenvalue weighted by molar-refractivity contribution is 5.82. The van der Waals surface area contributed by atoms with Crippen molar-refractivity contribution in [1.82, 2.24) is 4.98 Å². The summed E-state index contributed by atoms with van der Waals surface area (Å²) in [6, 6.07) is 8.59. The number of ether oxygens (including phenoxy) is 1. The third-order valence-corrected chi connectivity index (χ3v) is 5.82. The minimum Gasteiger partial charge on any atom is -0.504 e. The second-order valence-electron chi connectivity index (χ2n) is 7.56. The number of allylic oxidation sites excluding steroid dienone is 4. The molecule has 1 aromatic heterocycles. The minimum atomic E-state index is -0.676. The van der Waals surface area contributed by atoms with Gasteiger partial charge in [0.25, 0.3) is 0 Å². The molecular formula is C25H24N2O3. The smallest absolute Gasteiger partial charge is 0.248 e. The van der Waals surface area contributed by atoms with Crippen LogP contribution in [-0.2, 0) is 12.0 Å². The molecule has 0 saturated carbocycles. The Labute approximate surface area is 175 Å². The van der Waals surface area contributed by atoms with Gasteiger partial charge in [-0.2, -0.15) is 0 Å². The molecule has 2 unspecified atom stereocenters. The molecule has 2 aliphatic carbocycles. The maximum atomic E-state index is 12.0. The predicted octanol–water partition coefficient (Wildman–Crippen LogP) is 4.20. The van der Waals surface area contributed by atoms with Crippen molar-refractivity contribution in [1.29, 1.82) is 0 Å². The first kappa shape index (κ1) is 19.7. The van der Waals surface area contributed by atoms with E-state index >= 15 is 0 Å². The maximum absolute atomic E-state index is 12.0. The molecule has 1 aromatic carbocycles. The fourth-order valence-corrected chi connectivity index (χ4v) is 4.51. The van der Waals surface area contributed by atoms with Gasteiger partial charge in [-0.3, -0.25) is 9.79 Å². The van der Waals surface area contributed by atoms with Gasteiger partial charge >= 0.3 is 0 Å². The molecule has 5 nitrogen and oxygen atoms in total. The summed E-state index contributed by atoms with van der Waals surface area (Å²) in [5.74, 6) is 0.562. The van der Waals surface area contributed by atoms with Crippen molar-refractivity contribution in [3.63, 3.8) is 0 Å². The lowest BCUT2D eigenvalue weighted by atomic mass is 9.63. The molecule has 30 heavy (non-hydrogen) atoms. The monoisotopic (exact) mass is 400 g/mol. The van der Waals surface area contributed by atoms with E-state index in [0.717, 1.165) is 28.0 Å². The quantitative estimate of drug-likeness (QED) is 0.739. The summed E-state index contributed by atoms with van der Waals surface area (Å²) in [5.41, 5.74) is 4.10. The first-order valence-electron chi connectivity index (χ1n) is 9.82. The second-order valence-corrected chi connectivity index (χ2v) is 7.56. The second kappa shape index (κ2) is 7.67. The molecule has 0 aliphatic heterocycles. The van der Waals surface area contributed by atoms with Gasteiger partial charge in [0.2, 0.25) is 5.56 Å². The molecule has 5 heteroatoms. The number of H-pyrrole nitrogens is 1. The molecule has 2 aromatic rings. The maximum Gasteiger partial charge on any atom is 0.248 e. The van der Waals surface area contributed by atoms with Crippen LogP contribution in [0.1, 0.15) is 23.2 Å². The summed E-state index contributed by atoms with van der Waals surface area (Å²) < 4.78 is 5.13. The Hall–Kier alpha value is -3.60. The van der Waals surface area contributed by atoms with Crippen LogP contribution in [0.25, 0.3) is 0 Å². The fourth-order valence-electron chi connectivity index (χ4n) is 4.51. The van der Waals surface area contributed by atoms with Crippen LogP contribution in [0, 0.1) is 5.92 Å². The largest absolute Gasteiger partial charge is 0.504 e. The summed E-state index contributed by atoms with van der Waals surface area (Å²) in [4.78, 5) is 20.0. The Bertz CT molecular complexity index is 1170. The van der Waals surface area contributed by atoms with Crippen molar-refractivity contribution in [2.24, 2.45) is 10.9 Å². The normalized spacial score (nSPS) is 23.7. The summed E-state index contributed by atoms with van der Waals surface area (Å²) >= 11 is 0. The van der Waals surface area contributed by atoms with Gasteiger partial charge in [0.15, 0.2) is 11.5 Å². The number of fused-ring (bicyclic) bond motifs is 4. The molecule has 1 heterocycles. The number of benzene rings is 1. The number of aliphatic imine (C=N–C) groups is 1. The van der Waals surface area contributed by atoms with Crippen LogP contribution in [0.2, 0.25) is 0 Å². The molecular weight excluding hydrogens is 376 g/mol. The Kier molecular flexibility index (Phi) is 5.04. The highest BCUT2D eigenvalue weighted by Gasteiger charge is 2.46. The number of aromatic amines is 1. The van der Waals surface area contributed by atoms with Crippen LogP contribution >= 0.6 is 0 Å². The zero-order chi connectivity index (χ0) is 21.3. The van der Waals surface area contributed by atoms with E-state index in [2.05, 4.69) is 24.2 Å². The van der Waals surface area contributed by atoms with Crippen LogP contribution in [0.15, 0.2) is 88.7 Å². The molecule has 0 saturated heterocycles.